The van der Waals surface area contributed by atoms with Gasteiger partial charge >= 0.3 is 12.1 Å². The maximum absolute atomic E-state index is 12.8. The molecule has 1 fully saturated rings. The topological polar surface area (TPSA) is 55.8 Å². The summed E-state index contributed by atoms with van der Waals surface area (Å²) in [4.78, 5) is 12.6. The van der Waals surface area contributed by atoms with Gasteiger partial charge in [-0.1, -0.05) is 35.9 Å². The van der Waals surface area contributed by atoms with Crippen LogP contribution in [-0.4, -0.2) is 24.3 Å². The number of aromatic hydroxyl groups is 1. The highest BCUT2D eigenvalue weighted by molar-refractivity contribution is 5.98. The summed E-state index contributed by atoms with van der Waals surface area (Å²) < 4.78 is 49.7. The SMILES string of the molecule is COC(=O)c1c(/C=C/c2ccc(C(F)(F)F)cc2)cc(OC2CCCC2)c(CC=C(C)C)c1O. The van der Waals surface area contributed by atoms with Gasteiger partial charge in [0, 0.05) is 5.56 Å². The van der Waals surface area contributed by atoms with E-state index < -0.39 is 17.7 Å². The van der Waals surface area contributed by atoms with Gasteiger partial charge in [0.25, 0.3) is 0 Å². The minimum absolute atomic E-state index is 0.0124. The van der Waals surface area contributed by atoms with Crippen molar-refractivity contribution in [3.05, 3.63) is 69.8 Å². The smallest absolute Gasteiger partial charge is 0.416 e. The minimum Gasteiger partial charge on any atom is -0.507 e. The third kappa shape index (κ3) is 6.22. The van der Waals surface area contributed by atoms with E-state index in [4.69, 9.17) is 9.47 Å². The first-order valence-electron chi connectivity index (χ1n) is 11.2. The highest BCUT2D eigenvalue weighted by Crippen LogP contribution is 2.39. The monoisotopic (exact) mass is 474 g/mol. The number of phenols is 1. The molecule has 0 aromatic heterocycles. The van der Waals surface area contributed by atoms with E-state index in [1.165, 1.54) is 19.2 Å². The molecule has 1 aliphatic rings. The molecule has 2 aromatic carbocycles. The molecule has 2 aromatic rings. The summed E-state index contributed by atoms with van der Waals surface area (Å²) in [5.74, 6) is -0.441. The molecule has 0 radical (unpaired) electrons. The van der Waals surface area contributed by atoms with E-state index in [2.05, 4.69) is 0 Å². The first kappa shape index (κ1) is 25.4. The Hall–Kier alpha value is -3.22. The molecule has 0 atom stereocenters. The average Bonchev–Trinajstić information content (AvgIpc) is 3.29. The van der Waals surface area contributed by atoms with Crippen LogP contribution in [0, 0.1) is 0 Å². The summed E-state index contributed by atoms with van der Waals surface area (Å²) in [5, 5.41) is 11.1. The van der Waals surface area contributed by atoms with Crippen molar-refractivity contribution in [1.29, 1.82) is 0 Å². The van der Waals surface area contributed by atoms with Gasteiger partial charge in [-0.2, -0.15) is 13.2 Å². The number of halogens is 3. The van der Waals surface area contributed by atoms with Crippen molar-refractivity contribution in [3.63, 3.8) is 0 Å². The van der Waals surface area contributed by atoms with Crippen LogP contribution < -0.4 is 4.74 Å². The standard InChI is InChI=1S/C27H29F3O4/c1-17(2)8-15-22-23(34-21-6-4-5-7-21)16-19(24(25(22)31)26(32)33-3)12-9-18-10-13-20(14-11-18)27(28,29)30/h8-14,16,21,31H,4-7,15H2,1-3H3/b12-9+. The van der Waals surface area contributed by atoms with Crippen LogP contribution in [0.1, 0.15) is 72.1 Å². The lowest BCUT2D eigenvalue weighted by molar-refractivity contribution is -0.137. The van der Waals surface area contributed by atoms with E-state index in [0.29, 0.717) is 28.9 Å². The zero-order valence-electron chi connectivity index (χ0n) is 19.5. The van der Waals surface area contributed by atoms with Crippen molar-refractivity contribution >= 4 is 18.1 Å². The second-order valence-electron chi connectivity index (χ2n) is 8.62. The Morgan fingerprint density at radius 1 is 1.12 bits per heavy atom. The largest absolute Gasteiger partial charge is 0.507 e. The molecule has 0 bridgehead atoms. The Bertz CT molecular complexity index is 1070. The normalized spacial score (nSPS) is 14.4. The van der Waals surface area contributed by atoms with Crippen LogP contribution in [0.5, 0.6) is 11.5 Å². The number of ether oxygens (including phenoxy) is 2. The Kier molecular flexibility index (Phi) is 8.07. The second kappa shape index (κ2) is 10.8. The van der Waals surface area contributed by atoms with E-state index in [0.717, 1.165) is 43.4 Å². The van der Waals surface area contributed by atoms with Crippen LogP contribution in [0.15, 0.2) is 42.0 Å². The maximum atomic E-state index is 12.8. The van der Waals surface area contributed by atoms with Gasteiger partial charge in [-0.25, -0.2) is 4.79 Å². The van der Waals surface area contributed by atoms with Crippen molar-refractivity contribution in [2.24, 2.45) is 0 Å². The van der Waals surface area contributed by atoms with Crippen LogP contribution in [0.25, 0.3) is 12.2 Å². The third-order valence-corrected chi connectivity index (χ3v) is 5.79. The summed E-state index contributed by atoms with van der Waals surface area (Å²) in [6.45, 7) is 3.88. The second-order valence-corrected chi connectivity index (χ2v) is 8.62. The summed E-state index contributed by atoms with van der Waals surface area (Å²) in [7, 11) is 1.23. The van der Waals surface area contributed by atoms with Gasteiger partial charge < -0.3 is 14.6 Å². The molecule has 3 rings (SSSR count). The Morgan fingerprint density at radius 3 is 2.32 bits per heavy atom. The van der Waals surface area contributed by atoms with Crippen LogP contribution in [0.2, 0.25) is 0 Å². The number of benzene rings is 2. The fraction of sp³-hybridized carbons (Fsp3) is 0.370. The molecule has 1 N–H and O–H groups in total. The minimum atomic E-state index is -4.42. The number of hydrogen-bond acceptors (Lipinski definition) is 4. The third-order valence-electron chi connectivity index (χ3n) is 5.79. The van der Waals surface area contributed by atoms with Crippen molar-refractivity contribution in [1.82, 2.24) is 0 Å². The molecule has 4 nitrogen and oxygen atoms in total. The molecule has 1 aliphatic carbocycles. The predicted molar refractivity (Wildman–Crippen MR) is 126 cm³/mol. The highest BCUT2D eigenvalue weighted by atomic mass is 19.4. The number of esters is 1. The summed E-state index contributed by atoms with van der Waals surface area (Å²) >= 11 is 0. The molecule has 0 saturated heterocycles. The fourth-order valence-electron chi connectivity index (χ4n) is 3.92. The molecular weight excluding hydrogens is 445 g/mol. The van der Waals surface area contributed by atoms with E-state index in [1.54, 1.807) is 18.2 Å². The van der Waals surface area contributed by atoms with Crippen LogP contribution in [-0.2, 0) is 17.3 Å². The average molecular weight is 475 g/mol. The molecule has 34 heavy (non-hydrogen) atoms. The van der Waals surface area contributed by atoms with Gasteiger partial charge in [-0.3, -0.25) is 0 Å². The number of hydrogen-bond donors (Lipinski definition) is 1. The zero-order chi connectivity index (χ0) is 24.9. The summed E-state index contributed by atoms with van der Waals surface area (Å²) in [6.07, 6.45) is 5.05. The fourth-order valence-corrected chi connectivity index (χ4v) is 3.92. The van der Waals surface area contributed by atoms with Gasteiger partial charge in [0.2, 0.25) is 0 Å². The van der Waals surface area contributed by atoms with Crippen molar-refractivity contribution in [2.45, 2.75) is 58.2 Å². The summed E-state index contributed by atoms with van der Waals surface area (Å²) in [6, 6.07) is 6.37. The van der Waals surface area contributed by atoms with Crippen molar-refractivity contribution in [2.75, 3.05) is 7.11 Å². The maximum Gasteiger partial charge on any atom is 0.416 e. The van der Waals surface area contributed by atoms with Crippen LogP contribution in [0.3, 0.4) is 0 Å². The highest BCUT2D eigenvalue weighted by Gasteiger charge is 2.30. The van der Waals surface area contributed by atoms with E-state index in [1.807, 2.05) is 19.9 Å². The number of rotatable bonds is 7. The van der Waals surface area contributed by atoms with Crippen molar-refractivity contribution in [3.8, 4) is 11.5 Å². The number of allylic oxidation sites excluding steroid dienone is 2. The lowest BCUT2D eigenvalue weighted by atomic mass is 9.97. The number of carbonyl (C=O) groups excluding carboxylic acids is 1. The van der Waals surface area contributed by atoms with Crippen LogP contribution in [0.4, 0.5) is 13.2 Å². The molecule has 7 heteroatoms. The number of phenolic OH excluding ortho intramolecular Hbond substituents is 1. The van der Waals surface area contributed by atoms with Gasteiger partial charge in [0.1, 0.15) is 17.1 Å². The molecule has 0 unspecified atom stereocenters. The molecule has 0 spiro atoms. The number of alkyl halides is 3. The lowest BCUT2D eigenvalue weighted by Crippen LogP contribution is -2.14. The predicted octanol–water partition coefficient (Wildman–Crippen LogP) is 7.20. The Morgan fingerprint density at radius 2 is 1.76 bits per heavy atom. The van der Waals surface area contributed by atoms with Gasteiger partial charge in [0.05, 0.1) is 18.8 Å². The molecule has 0 aliphatic heterocycles. The zero-order valence-corrected chi connectivity index (χ0v) is 19.5. The van der Waals surface area contributed by atoms with Gasteiger partial charge in [-0.15, -0.1) is 0 Å². The molecule has 0 amide bonds. The molecule has 0 heterocycles. The molecular formula is C27H29F3O4. The van der Waals surface area contributed by atoms with E-state index >= 15 is 0 Å². The van der Waals surface area contributed by atoms with E-state index in [-0.39, 0.29) is 17.4 Å². The van der Waals surface area contributed by atoms with E-state index in [9.17, 15) is 23.1 Å². The Labute approximate surface area is 197 Å². The molecule has 1 saturated carbocycles. The van der Waals surface area contributed by atoms with Gasteiger partial charge in [-0.05, 0) is 75.3 Å². The number of carbonyl (C=O) groups is 1. The first-order chi connectivity index (χ1) is 16.1. The van der Waals surface area contributed by atoms with Crippen LogP contribution >= 0.6 is 0 Å². The Balaban J connectivity index is 2.06. The molecule has 182 valence electrons. The first-order valence-corrected chi connectivity index (χ1v) is 11.2. The summed E-state index contributed by atoms with van der Waals surface area (Å²) in [5.41, 5.74) is 1.67. The quantitative estimate of drug-likeness (QED) is 0.262. The van der Waals surface area contributed by atoms with Gasteiger partial charge in [0.15, 0.2) is 0 Å². The van der Waals surface area contributed by atoms with Crippen molar-refractivity contribution < 1.29 is 32.5 Å². The number of methoxy groups -OCH3 is 1. The lowest BCUT2D eigenvalue weighted by Gasteiger charge is -2.20.